The molecule has 9 heteroatoms. The standard InChI is InChI=1S/C27H23FN4O4/c1-16(29)36-26(30)23-21-13-19(12-17-8-10-20(28)11-9-17)14-31-22(21)25(24(32-23)27(33)34-2)35-15-18-6-4-3-5-7-18/h3-11,13-14,29-30H,12,15H2,1-2H3. The molecule has 0 spiro atoms. The summed E-state index contributed by atoms with van der Waals surface area (Å²) in [5, 5.41) is 16.4. The second-order valence-electron chi connectivity index (χ2n) is 7.93. The zero-order chi connectivity index (χ0) is 25.7. The third-order valence-corrected chi connectivity index (χ3v) is 5.25. The fourth-order valence-corrected chi connectivity index (χ4v) is 3.62. The van der Waals surface area contributed by atoms with Crippen molar-refractivity contribution in [2.45, 2.75) is 20.0 Å². The van der Waals surface area contributed by atoms with Crippen molar-refractivity contribution in [3.8, 4) is 5.75 Å². The molecule has 0 radical (unpaired) electrons. The highest BCUT2D eigenvalue weighted by Gasteiger charge is 2.25. The third kappa shape index (κ3) is 5.52. The van der Waals surface area contributed by atoms with E-state index in [1.165, 1.54) is 26.2 Å². The number of nitrogens with zero attached hydrogens (tertiary/aromatic N) is 2. The van der Waals surface area contributed by atoms with Crippen LogP contribution in [0.25, 0.3) is 10.9 Å². The van der Waals surface area contributed by atoms with Gasteiger partial charge in [-0.2, -0.15) is 0 Å². The number of hydrogen-bond acceptors (Lipinski definition) is 8. The van der Waals surface area contributed by atoms with Crippen LogP contribution in [0.2, 0.25) is 0 Å². The number of hydrogen-bond donors (Lipinski definition) is 2. The number of aromatic nitrogens is 2. The smallest absolute Gasteiger partial charge is 0.360 e. The number of ether oxygens (including phenoxy) is 3. The van der Waals surface area contributed by atoms with Gasteiger partial charge in [0.25, 0.3) is 0 Å². The minimum absolute atomic E-state index is 0.0116. The first-order valence-electron chi connectivity index (χ1n) is 11.0. The second kappa shape index (κ2) is 10.7. The van der Waals surface area contributed by atoms with E-state index >= 15 is 0 Å². The minimum atomic E-state index is -0.766. The van der Waals surface area contributed by atoms with Gasteiger partial charge in [0.1, 0.15) is 23.6 Å². The molecule has 0 aliphatic heterocycles. The maximum Gasteiger partial charge on any atom is 0.360 e. The predicted molar refractivity (Wildman–Crippen MR) is 132 cm³/mol. The van der Waals surface area contributed by atoms with Crippen LogP contribution in [-0.4, -0.2) is 34.8 Å². The first-order chi connectivity index (χ1) is 17.4. The number of halogens is 1. The van der Waals surface area contributed by atoms with E-state index in [1.807, 2.05) is 30.3 Å². The van der Waals surface area contributed by atoms with Crippen molar-refractivity contribution in [1.82, 2.24) is 9.97 Å². The molecule has 0 aliphatic rings. The van der Waals surface area contributed by atoms with E-state index in [1.54, 1.807) is 24.4 Å². The molecule has 0 amide bonds. The van der Waals surface area contributed by atoms with E-state index in [4.69, 9.17) is 25.0 Å². The van der Waals surface area contributed by atoms with Gasteiger partial charge < -0.3 is 14.2 Å². The molecule has 2 N–H and O–H groups in total. The highest BCUT2D eigenvalue weighted by atomic mass is 19.1. The number of nitrogens with one attached hydrogen (secondary N) is 2. The SMILES string of the molecule is COC(=O)c1nc(C(=N)OC(C)=N)c2cc(Cc3ccc(F)cc3)cnc2c1OCc1ccccc1. The van der Waals surface area contributed by atoms with Crippen molar-refractivity contribution < 1.29 is 23.4 Å². The molecule has 0 saturated carbocycles. The lowest BCUT2D eigenvalue weighted by Gasteiger charge is -2.16. The molecule has 0 fully saturated rings. The Hall–Kier alpha value is -4.66. The Kier molecular flexibility index (Phi) is 7.29. The molecule has 4 aromatic rings. The van der Waals surface area contributed by atoms with Crippen molar-refractivity contribution in [2.24, 2.45) is 0 Å². The Morgan fingerprint density at radius 3 is 2.36 bits per heavy atom. The Morgan fingerprint density at radius 2 is 1.69 bits per heavy atom. The summed E-state index contributed by atoms with van der Waals surface area (Å²) >= 11 is 0. The van der Waals surface area contributed by atoms with Gasteiger partial charge >= 0.3 is 5.97 Å². The monoisotopic (exact) mass is 486 g/mol. The van der Waals surface area contributed by atoms with E-state index in [2.05, 4.69) is 9.97 Å². The highest BCUT2D eigenvalue weighted by molar-refractivity contribution is 6.10. The van der Waals surface area contributed by atoms with Gasteiger partial charge in [-0.1, -0.05) is 42.5 Å². The Balaban J connectivity index is 1.86. The molecular weight excluding hydrogens is 463 g/mol. The lowest BCUT2D eigenvalue weighted by molar-refractivity contribution is 0.0588. The summed E-state index contributed by atoms with van der Waals surface area (Å²) in [4.78, 5) is 21.6. The van der Waals surface area contributed by atoms with Crippen molar-refractivity contribution >= 4 is 28.7 Å². The summed E-state index contributed by atoms with van der Waals surface area (Å²) in [5.41, 5.74) is 2.63. The molecular formula is C27H23FN4O4. The van der Waals surface area contributed by atoms with Crippen LogP contribution in [0, 0.1) is 16.6 Å². The third-order valence-electron chi connectivity index (χ3n) is 5.25. The maximum atomic E-state index is 13.3. The topological polar surface area (TPSA) is 118 Å². The largest absolute Gasteiger partial charge is 0.484 e. The van der Waals surface area contributed by atoms with Crippen LogP contribution in [0.4, 0.5) is 4.39 Å². The Bertz CT molecular complexity index is 1440. The number of benzene rings is 2. The summed E-state index contributed by atoms with van der Waals surface area (Å²) in [5.74, 6) is -1.62. The zero-order valence-corrected chi connectivity index (χ0v) is 19.7. The van der Waals surface area contributed by atoms with Gasteiger partial charge in [0.05, 0.1) is 7.11 Å². The quantitative estimate of drug-likeness (QED) is 0.214. The van der Waals surface area contributed by atoms with Gasteiger partial charge in [-0.25, -0.2) is 14.2 Å². The fourth-order valence-electron chi connectivity index (χ4n) is 3.62. The molecule has 4 rings (SSSR count). The average Bonchev–Trinajstić information content (AvgIpc) is 2.88. The summed E-state index contributed by atoms with van der Waals surface area (Å²) < 4.78 is 29.5. The minimum Gasteiger partial charge on any atom is -0.484 e. The normalized spacial score (nSPS) is 10.6. The molecule has 182 valence electrons. The lowest BCUT2D eigenvalue weighted by atomic mass is 10.0. The molecule has 0 atom stereocenters. The maximum absolute atomic E-state index is 13.3. The van der Waals surface area contributed by atoms with Crippen LogP contribution in [-0.2, 0) is 22.5 Å². The molecule has 0 aliphatic carbocycles. The number of rotatable bonds is 7. The summed E-state index contributed by atoms with van der Waals surface area (Å²) in [6.07, 6.45) is 2.07. The number of carbonyl (C=O) groups excluding carboxylic acids is 1. The predicted octanol–water partition coefficient (Wildman–Crippen LogP) is 5.06. The molecule has 0 bridgehead atoms. The number of methoxy groups -OCH3 is 1. The first-order valence-corrected chi connectivity index (χ1v) is 11.0. The van der Waals surface area contributed by atoms with Crippen LogP contribution in [0.3, 0.4) is 0 Å². The molecule has 0 unspecified atom stereocenters. The summed E-state index contributed by atoms with van der Waals surface area (Å²) in [7, 11) is 1.22. The Labute approximate surface area is 206 Å². The highest BCUT2D eigenvalue weighted by Crippen LogP contribution is 2.32. The van der Waals surface area contributed by atoms with Crippen LogP contribution < -0.4 is 4.74 Å². The lowest BCUT2D eigenvalue weighted by Crippen LogP contribution is -2.17. The number of carbonyl (C=O) groups is 1. The molecule has 36 heavy (non-hydrogen) atoms. The second-order valence-corrected chi connectivity index (χ2v) is 7.93. The van der Waals surface area contributed by atoms with Gasteiger partial charge in [-0.15, -0.1) is 0 Å². The first kappa shape index (κ1) is 24.5. The number of esters is 1. The van der Waals surface area contributed by atoms with E-state index < -0.39 is 11.9 Å². The van der Waals surface area contributed by atoms with Crippen LogP contribution in [0.15, 0.2) is 66.9 Å². The Morgan fingerprint density at radius 1 is 0.972 bits per heavy atom. The van der Waals surface area contributed by atoms with E-state index in [0.29, 0.717) is 11.8 Å². The van der Waals surface area contributed by atoms with Gasteiger partial charge in [0.15, 0.2) is 17.3 Å². The van der Waals surface area contributed by atoms with Gasteiger partial charge in [0, 0.05) is 18.5 Å². The van der Waals surface area contributed by atoms with Crippen LogP contribution in [0.5, 0.6) is 5.75 Å². The summed E-state index contributed by atoms with van der Waals surface area (Å²) in [6, 6.07) is 17.3. The van der Waals surface area contributed by atoms with Gasteiger partial charge in [-0.3, -0.25) is 15.8 Å². The van der Waals surface area contributed by atoms with Crippen molar-refractivity contribution in [1.29, 1.82) is 10.8 Å². The molecule has 8 nitrogen and oxygen atoms in total. The molecule has 0 saturated heterocycles. The van der Waals surface area contributed by atoms with Crippen molar-refractivity contribution in [3.63, 3.8) is 0 Å². The summed E-state index contributed by atoms with van der Waals surface area (Å²) in [6.45, 7) is 1.53. The van der Waals surface area contributed by atoms with Gasteiger partial charge in [-0.05, 0) is 41.3 Å². The van der Waals surface area contributed by atoms with Gasteiger partial charge in [0.2, 0.25) is 5.90 Å². The number of fused-ring (bicyclic) bond motifs is 1. The van der Waals surface area contributed by atoms with E-state index in [-0.39, 0.29) is 41.0 Å². The van der Waals surface area contributed by atoms with Crippen LogP contribution in [0.1, 0.15) is 39.8 Å². The fraction of sp³-hybridized carbons (Fsp3) is 0.148. The molecule has 2 heterocycles. The zero-order valence-electron chi connectivity index (χ0n) is 19.7. The van der Waals surface area contributed by atoms with E-state index in [0.717, 1.165) is 16.7 Å². The molecule has 2 aromatic heterocycles. The molecule has 2 aromatic carbocycles. The van der Waals surface area contributed by atoms with Crippen molar-refractivity contribution in [2.75, 3.05) is 7.11 Å². The number of pyridine rings is 2. The average molecular weight is 487 g/mol. The van der Waals surface area contributed by atoms with E-state index in [9.17, 15) is 9.18 Å². The van der Waals surface area contributed by atoms with Crippen molar-refractivity contribution in [3.05, 3.63) is 101 Å². The van der Waals surface area contributed by atoms with Crippen LogP contribution >= 0.6 is 0 Å².